The highest BCUT2D eigenvalue weighted by Gasteiger charge is 2.41. The van der Waals surface area contributed by atoms with Gasteiger partial charge >= 0.3 is 0 Å². The third kappa shape index (κ3) is 3.26. The van der Waals surface area contributed by atoms with Gasteiger partial charge in [-0.25, -0.2) is 0 Å². The number of piperidine rings is 1. The van der Waals surface area contributed by atoms with Crippen LogP contribution in [0.5, 0.6) is 0 Å². The van der Waals surface area contributed by atoms with E-state index in [0.29, 0.717) is 18.0 Å². The summed E-state index contributed by atoms with van der Waals surface area (Å²) in [5.74, 6) is 0.348. The smallest absolute Gasteiger partial charge is 0.239 e. The van der Waals surface area contributed by atoms with Crippen molar-refractivity contribution in [3.05, 3.63) is 0 Å². The molecule has 0 radical (unpaired) electrons. The lowest BCUT2D eigenvalue weighted by Gasteiger charge is -2.46. The highest BCUT2D eigenvalue weighted by atomic mass is 16.5. The van der Waals surface area contributed by atoms with E-state index in [-0.39, 0.29) is 11.6 Å². The Bertz CT molecular complexity index is 377. The third-order valence-corrected chi connectivity index (χ3v) is 5.68. The van der Waals surface area contributed by atoms with Crippen molar-refractivity contribution < 1.29 is 9.53 Å². The highest BCUT2D eigenvalue weighted by molar-refractivity contribution is 5.83. The average Bonchev–Trinajstić information content (AvgIpc) is 3.33. The summed E-state index contributed by atoms with van der Waals surface area (Å²) in [6.07, 6.45) is 8.76. The Morgan fingerprint density at radius 2 is 2.00 bits per heavy atom. The van der Waals surface area contributed by atoms with Crippen molar-refractivity contribution in [2.45, 2.75) is 88.9 Å². The molecule has 0 aromatic carbocycles. The van der Waals surface area contributed by atoms with Crippen molar-refractivity contribution in [2.75, 3.05) is 13.2 Å². The van der Waals surface area contributed by atoms with Crippen molar-refractivity contribution in [1.82, 2.24) is 10.2 Å². The minimum Gasteiger partial charge on any atom is -0.375 e. The van der Waals surface area contributed by atoms with Gasteiger partial charge in [0, 0.05) is 25.2 Å². The SMILES string of the molecule is CCC1(CC)CC(N2CCCC(NC3CC3)C2=O)CCO1. The third-order valence-electron chi connectivity index (χ3n) is 5.68. The van der Waals surface area contributed by atoms with Gasteiger partial charge in [0.1, 0.15) is 0 Å². The topological polar surface area (TPSA) is 41.6 Å². The second kappa shape index (κ2) is 6.25. The number of rotatable bonds is 5. The quantitative estimate of drug-likeness (QED) is 0.847. The van der Waals surface area contributed by atoms with Crippen molar-refractivity contribution in [3.63, 3.8) is 0 Å². The Kier molecular flexibility index (Phi) is 4.55. The fourth-order valence-corrected chi connectivity index (χ4v) is 3.96. The minimum absolute atomic E-state index is 0.0000610. The Morgan fingerprint density at radius 3 is 2.67 bits per heavy atom. The van der Waals surface area contributed by atoms with E-state index < -0.39 is 0 Å². The molecular weight excluding hydrogens is 264 g/mol. The van der Waals surface area contributed by atoms with Crippen LogP contribution in [0.3, 0.4) is 0 Å². The summed E-state index contributed by atoms with van der Waals surface area (Å²) >= 11 is 0. The van der Waals surface area contributed by atoms with Gasteiger partial charge in [0.05, 0.1) is 11.6 Å². The van der Waals surface area contributed by atoms with E-state index in [9.17, 15) is 4.79 Å². The summed E-state index contributed by atoms with van der Waals surface area (Å²) in [6, 6.07) is 1.07. The second-order valence-electron chi connectivity index (χ2n) is 7.05. The molecular formula is C17H30N2O2. The maximum Gasteiger partial charge on any atom is 0.239 e. The molecule has 3 fully saturated rings. The van der Waals surface area contributed by atoms with Crippen LogP contribution in [0.15, 0.2) is 0 Å². The number of hydrogen-bond acceptors (Lipinski definition) is 3. The van der Waals surface area contributed by atoms with Gasteiger partial charge in [-0.1, -0.05) is 13.8 Å². The zero-order chi connectivity index (χ0) is 14.9. The van der Waals surface area contributed by atoms with Gasteiger partial charge in [-0.3, -0.25) is 4.79 Å². The average molecular weight is 294 g/mol. The molecule has 2 unspecified atom stereocenters. The molecule has 120 valence electrons. The molecule has 4 heteroatoms. The molecule has 1 N–H and O–H groups in total. The van der Waals surface area contributed by atoms with Crippen LogP contribution in [-0.4, -0.2) is 47.7 Å². The molecule has 21 heavy (non-hydrogen) atoms. The standard InChI is InChI=1S/C17H30N2O2/c1-3-17(4-2)12-14(9-11-21-17)19-10-5-6-15(16(19)20)18-13-7-8-13/h13-15,18H,3-12H2,1-2H3. The van der Waals surface area contributed by atoms with Gasteiger partial charge in [-0.05, 0) is 51.4 Å². The summed E-state index contributed by atoms with van der Waals surface area (Å²) in [7, 11) is 0. The molecule has 2 saturated heterocycles. The Morgan fingerprint density at radius 1 is 1.24 bits per heavy atom. The molecule has 4 nitrogen and oxygen atoms in total. The van der Waals surface area contributed by atoms with Crippen LogP contribution in [0.25, 0.3) is 0 Å². The molecule has 0 spiro atoms. The molecule has 3 rings (SSSR count). The predicted octanol–water partition coefficient (Wildman–Crippen LogP) is 2.47. The molecule has 1 saturated carbocycles. The van der Waals surface area contributed by atoms with Crippen molar-refractivity contribution in [1.29, 1.82) is 0 Å². The predicted molar refractivity (Wildman–Crippen MR) is 83.2 cm³/mol. The number of hydrogen-bond donors (Lipinski definition) is 1. The van der Waals surface area contributed by atoms with Gasteiger partial charge in [0.15, 0.2) is 0 Å². The first-order valence-corrected chi connectivity index (χ1v) is 8.88. The normalized spacial score (nSPS) is 33.2. The van der Waals surface area contributed by atoms with Crippen molar-refractivity contribution >= 4 is 5.91 Å². The number of likely N-dealkylation sites (tertiary alicyclic amines) is 1. The molecule has 0 bridgehead atoms. The van der Waals surface area contributed by atoms with Crippen LogP contribution >= 0.6 is 0 Å². The van der Waals surface area contributed by atoms with E-state index in [2.05, 4.69) is 24.1 Å². The van der Waals surface area contributed by atoms with Gasteiger partial charge in [0.2, 0.25) is 5.91 Å². The fraction of sp³-hybridized carbons (Fsp3) is 0.941. The lowest BCUT2D eigenvalue weighted by atomic mass is 9.84. The van der Waals surface area contributed by atoms with Gasteiger partial charge in [0.25, 0.3) is 0 Å². The number of ether oxygens (including phenoxy) is 1. The zero-order valence-corrected chi connectivity index (χ0v) is 13.6. The first-order valence-electron chi connectivity index (χ1n) is 8.88. The summed E-state index contributed by atoms with van der Waals surface area (Å²) in [6.45, 7) is 6.16. The summed E-state index contributed by atoms with van der Waals surface area (Å²) in [5.41, 5.74) is 0.0000610. The molecule has 2 heterocycles. The number of nitrogens with one attached hydrogen (secondary N) is 1. The van der Waals surface area contributed by atoms with E-state index in [4.69, 9.17) is 4.74 Å². The maximum atomic E-state index is 12.8. The van der Waals surface area contributed by atoms with Crippen LogP contribution in [0.1, 0.15) is 65.2 Å². The van der Waals surface area contributed by atoms with E-state index in [1.807, 2.05) is 0 Å². The Labute approximate surface area is 128 Å². The van der Waals surface area contributed by atoms with Crippen molar-refractivity contribution in [3.8, 4) is 0 Å². The van der Waals surface area contributed by atoms with E-state index in [1.54, 1.807) is 0 Å². The molecule has 0 aromatic heterocycles. The molecule has 1 aliphatic carbocycles. The summed E-state index contributed by atoms with van der Waals surface area (Å²) in [5, 5.41) is 3.54. The maximum absolute atomic E-state index is 12.8. The summed E-state index contributed by atoms with van der Waals surface area (Å²) in [4.78, 5) is 15.0. The molecule has 2 atom stereocenters. The second-order valence-corrected chi connectivity index (χ2v) is 7.05. The van der Waals surface area contributed by atoms with Crippen LogP contribution in [-0.2, 0) is 9.53 Å². The number of amides is 1. The molecule has 0 aromatic rings. The minimum atomic E-state index is 0.0000610. The Balaban J connectivity index is 1.65. The number of carbonyl (C=O) groups excluding carboxylic acids is 1. The zero-order valence-electron chi connectivity index (χ0n) is 13.6. The van der Waals surface area contributed by atoms with Gasteiger partial charge in [-0.2, -0.15) is 0 Å². The van der Waals surface area contributed by atoms with Crippen molar-refractivity contribution in [2.24, 2.45) is 0 Å². The van der Waals surface area contributed by atoms with Crippen LogP contribution < -0.4 is 5.32 Å². The molecule has 2 aliphatic heterocycles. The van der Waals surface area contributed by atoms with Crippen LogP contribution in [0, 0.1) is 0 Å². The highest BCUT2D eigenvalue weighted by Crippen LogP contribution is 2.35. The fourth-order valence-electron chi connectivity index (χ4n) is 3.96. The molecule has 3 aliphatic rings. The van der Waals surface area contributed by atoms with Crippen LogP contribution in [0.2, 0.25) is 0 Å². The largest absolute Gasteiger partial charge is 0.375 e. The first-order chi connectivity index (χ1) is 10.2. The van der Waals surface area contributed by atoms with Gasteiger partial charge in [-0.15, -0.1) is 0 Å². The Hall–Kier alpha value is -0.610. The summed E-state index contributed by atoms with van der Waals surface area (Å²) < 4.78 is 6.07. The monoisotopic (exact) mass is 294 g/mol. The number of carbonyl (C=O) groups is 1. The number of nitrogens with zero attached hydrogens (tertiary/aromatic N) is 1. The van der Waals surface area contributed by atoms with Gasteiger partial charge < -0.3 is 15.0 Å². The first kappa shape index (κ1) is 15.3. The lowest BCUT2D eigenvalue weighted by molar-refractivity contribution is -0.149. The molecule has 1 amide bonds. The van der Waals surface area contributed by atoms with E-state index >= 15 is 0 Å². The lowest BCUT2D eigenvalue weighted by Crippen LogP contribution is -2.57. The van der Waals surface area contributed by atoms with Crippen LogP contribution in [0.4, 0.5) is 0 Å². The van der Waals surface area contributed by atoms with E-state index in [0.717, 1.165) is 51.7 Å². The van der Waals surface area contributed by atoms with E-state index in [1.165, 1.54) is 12.8 Å².